The molecule has 0 amide bonds. The molecule has 4 heterocycles. The third kappa shape index (κ3) is 0.752. The Bertz CT molecular complexity index is 265. The van der Waals surface area contributed by atoms with E-state index >= 15 is 0 Å². The fourth-order valence-electron chi connectivity index (χ4n) is 2.52. The van der Waals surface area contributed by atoms with Gasteiger partial charge in [-0.1, -0.05) is 0 Å². The molecule has 0 spiro atoms. The fourth-order valence-corrected chi connectivity index (χ4v) is 2.52. The molecule has 0 aliphatic carbocycles. The lowest BCUT2D eigenvalue weighted by Crippen LogP contribution is -2.47. The maximum absolute atomic E-state index is 3.54. The van der Waals surface area contributed by atoms with E-state index in [4.69, 9.17) is 0 Å². The average molecular weight is 162 g/mol. The summed E-state index contributed by atoms with van der Waals surface area (Å²) in [6, 6.07) is 0.701. The van der Waals surface area contributed by atoms with E-state index in [0.29, 0.717) is 6.04 Å². The largest absolute Gasteiger partial charge is 0.386 e. The van der Waals surface area contributed by atoms with Crippen molar-refractivity contribution in [2.75, 3.05) is 13.1 Å². The van der Waals surface area contributed by atoms with E-state index in [0.717, 1.165) is 0 Å². The normalized spacial score (nSPS) is 32.0. The Kier molecular flexibility index (Phi) is 1.25. The maximum atomic E-state index is 3.54. The zero-order valence-electron chi connectivity index (χ0n) is 7.21. The second-order valence-electron chi connectivity index (χ2n) is 3.83. The van der Waals surface area contributed by atoms with E-state index < -0.39 is 0 Å². The molecule has 2 heteroatoms. The molecule has 0 aromatic carbocycles. The summed E-state index contributed by atoms with van der Waals surface area (Å²) < 4.78 is 0. The molecule has 4 aliphatic rings. The molecule has 1 N–H and O–H groups in total. The second kappa shape index (κ2) is 2.28. The van der Waals surface area contributed by atoms with Crippen molar-refractivity contribution in [3.63, 3.8) is 0 Å². The van der Waals surface area contributed by atoms with Crippen LogP contribution in [0.15, 0.2) is 23.5 Å². The van der Waals surface area contributed by atoms with E-state index in [2.05, 4.69) is 22.5 Å². The van der Waals surface area contributed by atoms with Crippen LogP contribution in [0.1, 0.15) is 19.3 Å². The molecule has 2 nitrogen and oxygen atoms in total. The van der Waals surface area contributed by atoms with Gasteiger partial charge in [0, 0.05) is 25.0 Å². The van der Waals surface area contributed by atoms with Crippen LogP contribution in [0.25, 0.3) is 0 Å². The van der Waals surface area contributed by atoms with Crippen LogP contribution in [-0.4, -0.2) is 24.0 Å². The first kappa shape index (κ1) is 6.58. The van der Waals surface area contributed by atoms with Crippen LogP contribution in [0.4, 0.5) is 0 Å². The molecule has 2 bridgehead atoms. The lowest BCUT2D eigenvalue weighted by Gasteiger charge is -2.44. The molecule has 1 saturated heterocycles. The highest BCUT2D eigenvalue weighted by Crippen LogP contribution is 2.32. The fraction of sp³-hybridized carbons (Fsp3) is 0.600. The molecule has 64 valence electrons. The first-order valence-corrected chi connectivity index (χ1v) is 4.86. The molecule has 12 heavy (non-hydrogen) atoms. The first-order chi connectivity index (χ1) is 5.95. The van der Waals surface area contributed by atoms with Gasteiger partial charge < -0.3 is 10.2 Å². The highest BCUT2D eigenvalue weighted by Gasteiger charge is 2.31. The number of nitrogens with one attached hydrogen (secondary N) is 1. The highest BCUT2D eigenvalue weighted by atomic mass is 15.2. The van der Waals surface area contributed by atoms with Gasteiger partial charge in [-0.15, -0.1) is 0 Å². The van der Waals surface area contributed by atoms with Gasteiger partial charge in [0.1, 0.15) is 0 Å². The second-order valence-corrected chi connectivity index (χ2v) is 3.83. The van der Waals surface area contributed by atoms with Crippen LogP contribution in [-0.2, 0) is 0 Å². The smallest absolute Gasteiger partial charge is 0.0686 e. The summed E-state index contributed by atoms with van der Waals surface area (Å²) in [7, 11) is 0. The molecule has 0 radical (unpaired) electrons. The quantitative estimate of drug-likeness (QED) is 0.576. The third-order valence-corrected chi connectivity index (χ3v) is 3.16. The number of hydrogen-bond donors (Lipinski definition) is 1. The zero-order chi connectivity index (χ0) is 7.97. The number of hydrogen-bond acceptors (Lipinski definition) is 2. The Labute approximate surface area is 72.9 Å². The lowest BCUT2D eigenvalue weighted by molar-refractivity contribution is 0.238. The first-order valence-electron chi connectivity index (χ1n) is 4.86. The molecule has 0 saturated carbocycles. The van der Waals surface area contributed by atoms with Crippen LogP contribution >= 0.6 is 0 Å². The van der Waals surface area contributed by atoms with Gasteiger partial charge in [-0.2, -0.15) is 0 Å². The number of allylic oxidation sites excluding steroid dienone is 1. The van der Waals surface area contributed by atoms with Crippen molar-refractivity contribution < 1.29 is 0 Å². The van der Waals surface area contributed by atoms with Crippen LogP contribution in [0.3, 0.4) is 0 Å². The zero-order valence-corrected chi connectivity index (χ0v) is 7.21. The third-order valence-electron chi connectivity index (χ3n) is 3.16. The number of nitrogens with zero attached hydrogens (tertiary/aromatic N) is 1. The SMILES string of the molecule is C1=CN2CCC1=C1NCCCC12. The minimum Gasteiger partial charge on any atom is -0.386 e. The van der Waals surface area contributed by atoms with Crippen molar-refractivity contribution in [2.45, 2.75) is 25.3 Å². The van der Waals surface area contributed by atoms with Crippen molar-refractivity contribution in [3.05, 3.63) is 23.5 Å². The molecule has 0 aromatic heterocycles. The Morgan fingerprint density at radius 2 is 2.50 bits per heavy atom. The number of fused-ring (bicyclic) bond motifs is 1. The topological polar surface area (TPSA) is 15.3 Å². The van der Waals surface area contributed by atoms with E-state index in [-0.39, 0.29) is 0 Å². The van der Waals surface area contributed by atoms with Gasteiger partial charge >= 0.3 is 0 Å². The summed E-state index contributed by atoms with van der Waals surface area (Å²) in [5, 5.41) is 3.54. The average Bonchev–Trinajstić information content (AvgIpc) is 2.20. The van der Waals surface area contributed by atoms with Crippen molar-refractivity contribution in [2.24, 2.45) is 0 Å². The van der Waals surface area contributed by atoms with Crippen molar-refractivity contribution in [1.29, 1.82) is 0 Å². The number of rotatable bonds is 0. The Morgan fingerprint density at radius 1 is 1.50 bits per heavy atom. The Morgan fingerprint density at radius 3 is 3.25 bits per heavy atom. The summed E-state index contributed by atoms with van der Waals surface area (Å²) >= 11 is 0. The minimum atomic E-state index is 0.701. The molecule has 4 rings (SSSR count). The van der Waals surface area contributed by atoms with Crippen molar-refractivity contribution in [1.82, 2.24) is 10.2 Å². The van der Waals surface area contributed by atoms with Crippen molar-refractivity contribution >= 4 is 0 Å². The lowest BCUT2D eigenvalue weighted by atomic mass is 9.89. The predicted octanol–water partition coefficient (Wildman–Crippen LogP) is 1.23. The summed E-state index contributed by atoms with van der Waals surface area (Å²) in [6.45, 7) is 2.42. The molecule has 1 atom stereocenters. The molecular formula is C10H14N2. The standard InChI is InChI=1S/C10H14N2/c1-2-9-10(11-5-1)8-3-6-12(9)7-4-8/h3,6,9,11H,1-2,4-5,7H2. The van der Waals surface area contributed by atoms with E-state index in [9.17, 15) is 0 Å². The molecule has 4 aliphatic heterocycles. The highest BCUT2D eigenvalue weighted by molar-refractivity contribution is 5.36. The number of piperidine rings is 1. The van der Waals surface area contributed by atoms with E-state index in [1.54, 1.807) is 5.57 Å². The Balaban J connectivity index is 2.04. The summed E-state index contributed by atoms with van der Waals surface area (Å²) in [5.41, 5.74) is 3.08. The summed E-state index contributed by atoms with van der Waals surface area (Å²) in [4.78, 5) is 2.48. The summed E-state index contributed by atoms with van der Waals surface area (Å²) in [5.74, 6) is 0. The van der Waals surface area contributed by atoms with Gasteiger partial charge in [0.15, 0.2) is 0 Å². The van der Waals surface area contributed by atoms with Crippen LogP contribution in [0.2, 0.25) is 0 Å². The molecule has 1 fully saturated rings. The predicted molar refractivity (Wildman–Crippen MR) is 48.5 cm³/mol. The van der Waals surface area contributed by atoms with Gasteiger partial charge in [-0.05, 0) is 30.9 Å². The molecule has 0 aromatic rings. The van der Waals surface area contributed by atoms with E-state index in [1.165, 1.54) is 38.0 Å². The van der Waals surface area contributed by atoms with Gasteiger partial charge in [0.05, 0.1) is 6.04 Å². The monoisotopic (exact) mass is 162 g/mol. The molecule has 1 unspecified atom stereocenters. The van der Waals surface area contributed by atoms with Gasteiger partial charge in [-0.25, -0.2) is 0 Å². The summed E-state index contributed by atoms with van der Waals surface area (Å²) in [6.07, 6.45) is 8.45. The van der Waals surface area contributed by atoms with Crippen LogP contribution in [0.5, 0.6) is 0 Å². The Hall–Kier alpha value is -0.920. The van der Waals surface area contributed by atoms with Crippen molar-refractivity contribution in [3.8, 4) is 0 Å². The van der Waals surface area contributed by atoms with Gasteiger partial charge in [0.2, 0.25) is 0 Å². The van der Waals surface area contributed by atoms with Crippen LogP contribution in [0, 0.1) is 0 Å². The minimum absolute atomic E-state index is 0.701. The van der Waals surface area contributed by atoms with E-state index in [1.807, 2.05) is 0 Å². The van der Waals surface area contributed by atoms with Crippen LogP contribution < -0.4 is 5.32 Å². The van der Waals surface area contributed by atoms with Gasteiger partial charge in [0.25, 0.3) is 0 Å². The van der Waals surface area contributed by atoms with Gasteiger partial charge in [-0.3, -0.25) is 0 Å². The maximum Gasteiger partial charge on any atom is 0.0686 e. The molecular weight excluding hydrogens is 148 g/mol.